The van der Waals surface area contributed by atoms with Crippen molar-refractivity contribution in [3.63, 3.8) is 0 Å². The lowest BCUT2D eigenvalue weighted by Crippen LogP contribution is -2.49. The summed E-state index contributed by atoms with van der Waals surface area (Å²) >= 11 is 0. The first-order chi connectivity index (χ1) is 7.66. The van der Waals surface area contributed by atoms with Crippen molar-refractivity contribution in [1.29, 1.82) is 0 Å². The molecule has 0 aromatic rings. The van der Waals surface area contributed by atoms with Gasteiger partial charge >= 0.3 is 0 Å². The van der Waals surface area contributed by atoms with Gasteiger partial charge in [-0.15, -0.1) is 0 Å². The molecular weight excluding hydrogens is 208 g/mol. The van der Waals surface area contributed by atoms with E-state index in [-0.39, 0.29) is 17.9 Å². The maximum absolute atomic E-state index is 12.0. The lowest BCUT2D eigenvalue weighted by molar-refractivity contribution is -0.125. The van der Waals surface area contributed by atoms with Crippen molar-refractivity contribution in [2.45, 2.75) is 31.7 Å². The Morgan fingerprint density at radius 1 is 1.50 bits per heavy atom. The standard InChI is InChI=1S/C10H16N4O2/c11-7-2-1-5-14(6-7)10(16)8-3-4-9(15)13-12-8/h7H,1-6,11H2,(H,13,15). The summed E-state index contributed by atoms with van der Waals surface area (Å²) in [5, 5.41) is 3.80. The van der Waals surface area contributed by atoms with Gasteiger partial charge in [0.25, 0.3) is 5.91 Å². The Bertz CT molecular complexity index is 340. The van der Waals surface area contributed by atoms with Gasteiger partial charge in [-0.25, -0.2) is 5.43 Å². The second-order valence-corrected chi connectivity index (χ2v) is 4.25. The molecule has 0 bridgehead atoms. The highest BCUT2D eigenvalue weighted by Crippen LogP contribution is 2.11. The monoisotopic (exact) mass is 224 g/mol. The van der Waals surface area contributed by atoms with Gasteiger partial charge in [-0.2, -0.15) is 5.10 Å². The summed E-state index contributed by atoms with van der Waals surface area (Å²) in [6.45, 7) is 1.32. The van der Waals surface area contributed by atoms with E-state index in [1.807, 2.05) is 0 Å². The fraction of sp³-hybridized carbons (Fsp3) is 0.700. The van der Waals surface area contributed by atoms with Crippen molar-refractivity contribution < 1.29 is 9.59 Å². The Morgan fingerprint density at radius 2 is 2.31 bits per heavy atom. The Hall–Kier alpha value is -1.43. The number of hydrogen-bond donors (Lipinski definition) is 2. The van der Waals surface area contributed by atoms with Gasteiger partial charge in [0.2, 0.25) is 5.91 Å². The second kappa shape index (κ2) is 4.61. The van der Waals surface area contributed by atoms with Crippen LogP contribution in [-0.2, 0) is 9.59 Å². The second-order valence-electron chi connectivity index (χ2n) is 4.25. The molecule has 3 N–H and O–H groups in total. The van der Waals surface area contributed by atoms with E-state index in [2.05, 4.69) is 10.5 Å². The molecule has 1 fully saturated rings. The number of amides is 2. The first-order valence-corrected chi connectivity index (χ1v) is 5.57. The summed E-state index contributed by atoms with van der Waals surface area (Å²) in [6, 6.07) is 0.0662. The molecule has 2 amide bonds. The highest BCUT2D eigenvalue weighted by Gasteiger charge is 2.26. The van der Waals surface area contributed by atoms with Gasteiger partial charge in [-0.1, -0.05) is 0 Å². The molecule has 0 aromatic carbocycles. The highest BCUT2D eigenvalue weighted by molar-refractivity contribution is 6.39. The van der Waals surface area contributed by atoms with Crippen molar-refractivity contribution in [3.05, 3.63) is 0 Å². The lowest BCUT2D eigenvalue weighted by atomic mass is 10.0. The van der Waals surface area contributed by atoms with E-state index in [9.17, 15) is 9.59 Å². The van der Waals surface area contributed by atoms with Gasteiger partial charge in [0.15, 0.2) is 0 Å². The van der Waals surface area contributed by atoms with Crippen LogP contribution in [0.15, 0.2) is 5.10 Å². The fourth-order valence-corrected chi connectivity index (χ4v) is 2.01. The number of carbonyl (C=O) groups excluding carboxylic acids is 2. The largest absolute Gasteiger partial charge is 0.336 e. The molecule has 0 spiro atoms. The molecule has 2 aliphatic rings. The molecule has 1 unspecified atom stereocenters. The molecule has 16 heavy (non-hydrogen) atoms. The van der Waals surface area contributed by atoms with Gasteiger partial charge in [0, 0.05) is 32.0 Å². The molecule has 2 rings (SSSR count). The maximum atomic E-state index is 12.0. The Labute approximate surface area is 93.9 Å². The highest BCUT2D eigenvalue weighted by atomic mass is 16.2. The average Bonchev–Trinajstić information content (AvgIpc) is 2.29. The summed E-state index contributed by atoms with van der Waals surface area (Å²) in [7, 11) is 0. The van der Waals surface area contributed by atoms with Crippen LogP contribution < -0.4 is 11.2 Å². The lowest BCUT2D eigenvalue weighted by Gasteiger charge is -2.31. The molecule has 0 aromatic heterocycles. The summed E-state index contributed by atoms with van der Waals surface area (Å²) in [5.41, 5.74) is 8.58. The Morgan fingerprint density at radius 3 is 2.94 bits per heavy atom. The predicted octanol–water partition coefficient (Wildman–Crippen LogP) is -0.798. The minimum atomic E-state index is -0.133. The zero-order valence-corrected chi connectivity index (χ0v) is 9.11. The van der Waals surface area contributed by atoms with Gasteiger partial charge in [0.1, 0.15) is 5.71 Å². The third-order valence-electron chi connectivity index (χ3n) is 2.90. The molecule has 0 aliphatic carbocycles. The third-order valence-corrected chi connectivity index (χ3v) is 2.90. The normalized spacial score (nSPS) is 26.1. The third kappa shape index (κ3) is 2.38. The van der Waals surface area contributed by atoms with Crippen LogP contribution in [0.2, 0.25) is 0 Å². The molecule has 6 nitrogen and oxygen atoms in total. The van der Waals surface area contributed by atoms with Gasteiger partial charge < -0.3 is 10.6 Å². The van der Waals surface area contributed by atoms with Crippen molar-refractivity contribution in [3.8, 4) is 0 Å². The zero-order chi connectivity index (χ0) is 11.5. The molecule has 1 atom stereocenters. The number of hydrogen-bond acceptors (Lipinski definition) is 4. The number of carbonyl (C=O) groups is 2. The number of rotatable bonds is 1. The van der Waals surface area contributed by atoms with Gasteiger partial charge in [-0.3, -0.25) is 9.59 Å². The Kier molecular flexibility index (Phi) is 3.19. The minimum absolute atomic E-state index is 0.0662. The van der Waals surface area contributed by atoms with E-state index >= 15 is 0 Å². The van der Waals surface area contributed by atoms with Crippen molar-refractivity contribution in [2.24, 2.45) is 10.8 Å². The van der Waals surface area contributed by atoms with Crippen LogP contribution in [0, 0.1) is 0 Å². The van der Waals surface area contributed by atoms with Gasteiger partial charge in [-0.05, 0) is 12.8 Å². The van der Waals surface area contributed by atoms with Crippen LogP contribution in [0.4, 0.5) is 0 Å². The van der Waals surface area contributed by atoms with E-state index < -0.39 is 0 Å². The summed E-state index contributed by atoms with van der Waals surface area (Å²) in [5.74, 6) is -0.220. The summed E-state index contributed by atoms with van der Waals surface area (Å²) < 4.78 is 0. The number of likely N-dealkylation sites (tertiary alicyclic amines) is 1. The number of nitrogens with one attached hydrogen (secondary N) is 1. The molecular formula is C10H16N4O2. The van der Waals surface area contributed by atoms with Crippen molar-refractivity contribution >= 4 is 17.5 Å². The summed E-state index contributed by atoms with van der Waals surface area (Å²) in [6.07, 6.45) is 2.67. The zero-order valence-electron chi connectivity index (χ0n) is 9.11. The number of nitrogens with zero attached hydrogens (tertiary/aromatic N) is 2. The number of nitrogens with two attached hydrogens (primary N) is 1. The van der Waals surface area contributed by atoms with Crippen LogP contribution in [0.5, 0.6) is 0 Å². The minimum Gasteiger partial charge on any atom is -0.336 e. The molecule has 2 heterocycles. The number of hydrazone groups is 1. The Balaban J connectivity index is 1.99. The van der Waals surface area contributed by atoms with Crippen LogP contribution >= 0.6 is 0 Å². The molecule has 2 aliphatic heterocycles. The van der Waals surface area contributed by atoms with Crippen LogP contribution in [0.3, 0.4) is 0 Å². The van der Waals surface area contributed by atoms with Crippen molar-refractivity contribution in [2.75, 3.05) is 13.1 Å². The fourth-order valence-electron chi connectivity index (χ4n) is 2.01. The number of piperidine rings is 1. The topological polar surface area (TPSA) is 87.8 Å². The molecule has 88 valence electrons. The molecule has 0 radical (unpaired) electrons. The van der Waals surface area contributed by atoms with E-state index in [0.717, 1.165) is 19.4 Å². The van der Waals surface area contributed by atoms with Crippen LogP contribution in [-0.4, -0.2) is 41.6 Å². The SMILES string of the molecule is NC1CCCN(C(=O)C2=NNC(=O)CC2)C1. The molecule has 0 saturated carbocycles. The van der Waals surface area contributed by atoms with Crippen LogP contribution in [0.1, 0.15) is 25.7 Å². The van der Waals surface area contributed by atoms with Crippen molar-refractivity contribution in [1.82, 2.24) is 10.3 Å². The molecule has 1 saturated heterocycles. The van der Waals surface area contributed by atoms with E-state index in [1.165, 1.54) is 0 Å². The van der Waals surface area contributed by atoms with E-state index in [1.54, 1.807) is 4.90 Å². The molecule has 6 heteroatoms. The van der Waals surface area contributed by atoms with E-state index in [4.69, 9.17) is 5.73 Å². The van der Waals surface area contributed by atoms with Crippen LogP contribution in [0.25, 0.3) is 0 Å². The van der Waals surface area contributed by atoms with E-state index in [0.29, 0.717) is 25.1 Å². The average molecular weight is 224 g/mol. The smallest absolute Gasteiger partial charge is 0.270 e. The first-order valence-electron chi connectivity index (χ1n) is 5.57. The summed E-state index contributed by atoms with van der Waals surface area (Å²) in [4.78, 5) is 24.6. The maximum Gasteiger partial charge on any atom is 0.270 e. The quantitative estimate of drug-likeness (QED) is 0.611. The first kappa shape index (κ1) is 11.1. The predicted molar refractivity (Wildman–Crippen MR) is 58.6 cm³/mol. The van der Waals surface area contributed by atoms with Gasteiger partial charge in [0.05, 0.1) is 0 Å².